The first-order chi connectivity index (χ1) is 7.29. The van der Waals surface area contributed by atoms with E-state index in [0.29, 0.717) is 5.56 Å². The third-order valence-electron chi connectivity index (χ3n) is 2.81. The van der Waals surface area contributed by atoms with Crippen molar-refractivity contribution >= 4 is 29.1 Å². The first-order valence-electron chi connectivity index (χ1n) is 4.83. The van der Waals surface area contributed by atoms with Gasteiger partial charge in [0, 0.05) is 11.5 Å². The van der Waals surface area contributed by atoms with Gasteiger partial charge in [0.1, 0.15) is 0 Å². The van der Waals surface area contributed by atoms with Gasteiger partial charge in [-0.15, -0.1) is 0 Å². The summed E-state index contributed by atoms with van der Waals surface area (Å²) in [6.45, 7) is 0. The fourth-order valence-electron chi connectivity index (χ4n) is 1.94. The van der Waals surface area contributed by atoms with Crippen LogP contribution < -0.4 is 4.90 Å². The number of benzene rings is 1. The van der Waals surface area contributed by atoms with Gasteiger partial charge >= 0.3 is 0 Å². The van der Waals surface area contributed by atoms with Crippen molar-refractivity contribution in [3.8, 4) is 0 Å². The lowest BCUT2D eigenvalue weighted by molar-refractivity contribution is -0.114. The number of hydrogen-bond acceptors (Lipinski definition) is 3. The van der Waals surface area contributed by atoms with Crippen molar-refractivity contribution in [2.24, 2.45) is 0 Å². The minimum atomic E-state index is -0.360. The van der Waals surface area contributed by atoms with Gasteiger partial charge in [0.15, 0.2) is 0 Å². The number of para-hydroxylation sites is 1. The molecule has 76 valence electrons. The minimum absolute atomic E-state index is 0.218. The van der Waals surface area contributed by atoms with E-state index in [9.17, 15) is 9.59 Å². The summed E-state index contributed by atoms with van der Waals surface area (Å²) in [7, 11) is 0. The zero-order chi connectivity index (χ0) is 10.4. The molecule has 0 aliphatic carbocycles. The number of anilines is 1. The molecule has 0 aromatic heterocycles. The van der Waals surface area contributed by atoms with E-state index in [1.165, 1.54) is 0 Å². The number of fused-ring (bicyclic) bond motifs is 1. The van der Waals surface area contributed by atoms with Gasteiger partial charge in [0.05, 0.1) is 17.3 Å². The van der Waals surface area contributed by atoms with Gasteiger partial charge in [-0.1, -0.05) is 12.1 Å². The normalized spacial score (nSPS) is 20.4. The molecule has 1 aromatic carbocycles. The number of rotatable bonds is 1. The van der Waals surface area contributed by atoms with Gasteiger partial charge < -0.3 is 4.90 Å². The second-order valence-corrected chi connectivity index (χ2v) is 4.79. The van der Waals surface area contributed by atoms with Gasteiger partial charge in [-0.2, -0.15) is 11.8 Å². The smallest absolute Gasteiger partial charge is 0.299 e. The predicted molar refractivity (Wildman–Crippen MR) is 59.4 cm³/mol. The van der Waals surface area contributed by atoms with Gasteiger partial charge in [-0.05, 0) is 12.1 Å². The molecule has 2 aliphatic heterocycles. The number of Topliss-reactive ketones (excluding diaryl/α,β-unsaturated/α-hetero) is 1. The Morgan fingerprint density at radius 1 is 1.20 bits per heavy atom. The molecule has 0 radical (unpaired) electrons. The molecule has 1 fully saturated rings. The summed E-state index contributed by atoms with van der Waals surface area (Å²) in [6, 6.07) is 7.45. The highest BCUT2D eigenvalue weighted by atomic mass is 32.2. The number of thioether (sulfide) groups is 1. The predicted octanol–water partition coefficient (Wildman–Crippen LogP) is 1.33. The SMILES string of the molecule is O=C1C(=O)N(C2CSC2)c2ccccc21. The molecule has 1 amide bonds. The van der Waals surface area contributed by atoms with Crippen LogP contribution in [-0.4, -0.2) is 29.2 Å². The number of hydrogen-bond donors (Lipinski definition) is 0. The standard InChI is InChI=1S/C11H9NO2S/c13-10-8-3-1-2-4-9(8)12(11(10)14)7-5-15-6-7/h1-4,7H,5-6H2. The maximum absolute atomic E-state index is 11.8. The second-order valence-electron chi connectivity index (χ2n) is 3.71. The maximum Gasteiger partial charge on any atom is 0.299 e. The largest absolute Gasteiger partial charge is 0.300 e. The molecule has 0 saturated carbocycles. The Bertz CT molecular complexity index is 454. The lowest BCUT2D eigenvalue weighted by Crippen LogP contribution is -2.47. The summed E-state index contributed by atoms with van der Waals surface area (Å²) in [5.74, 6) is 1.16. The van der Waals surface area contributed by atoms with Gasteiger partial charge in [0.25, 0.3) is 11.7 Å². The third kappa shape index (κ3) is 1.14. The van der Waals surface area contributed by atoms with E-state index in [1.54, 1.807) is 28.8 Å². The summed E-state index contributed by atoms with van der Waals surface area (Å²) >= 11 is 1.80. The highest BCUT2D eigenvalue weighted by Gasteiger charge is 2.41. The van der Waals surface area contributed by atoms with Crippen molar-refractivity contribution in [3.05, 3.63) is 29.8 Å². The fourth-order valence-corrected chi connectivity index (χ4v) is 2.69. The Morgan fingerprint density at radius 2 is 1.93 bits per heavy atom. The molecule has 0 unspecified atom stereocenters. The Labute approximate surface area is 91.5 Å². The molecule has 1 aromatic rings. The van der Waals surface area contributed by atoms with E-state index in [1.807, 2.05) is 12.1 Å². The number of nitrogens with zero attached hydrogens (tertiary/aromatic N) is 1. The summed E-state index contributed by atoms with van der Waals surface area (Å²) in [4.78, 5) is 25.1. The first kappa shape index (κ1) is 8.97. The third-order valence-corrected chi connectivity index (χ3v) is 4.05. The zero-order valence-electron chi connectivity index (χ0n) is 7.97. The van der Waals surface area contributed by atoms with Crippen LogP contribution in [0.25, 0.3) is 0 Å². The summed E-state index contributed by atoms with van der Waals surface area (Å²) < 4.78 is 0. The number of ketones is 1. The van der Waals surface area contributed by atoms with Gasteiger partial charge in [-0.3, -0.25) is 9.59 Å². The molecule has 1 saturated heterocycles. The molecule has 2 aliphatic rings. The van der Waals surface area contributed by atoms with Crippen LogP contribution in [0.1, 0.15) is 10.4 Å². The van der Waals surface area contributed by atoms with Crippen LogP contribution in [0.4, 0.5) is 5.69 Å². The second kappa shape index (κ2) is 3.10. The Hall–Kier alpha value is -1.29. The molecule has 15 heavy (non-hydrogen) atoms. The highest BCUT2D eigenvalue weighted by molar-refractivity contribution is 8.00. The summed E-state index contributed by atoms with van der Waals surface area (Å²) in [5, 5.41) is 0. The molecule has 0 spiro atoms. The van der Waals surface area contributed by atoms with E-state index >= 15 is 0 Å². The Morgan fingerprint density at radius 3 is 2.60 bits per heavy atom. The topological polar surface area (TPSA) is 37.4 Å². The molecule has 3 rings (SSSR count). The quantitative estimate of drug-likeness (QED) is 0.669. The monoisotopic (exact) mass is 219 g/mol. The van der Waals surface area contributed by atoms with Crippen LogP contribution >= 0.6 is 11.8 Å². The van der Waals surface area contributed by atoms with E-state index in [2.05, 4.69) is 0 Å². The van der Waals surface area contributed by atoms with Crippen molar-refractivity contribution in [2.75, 3.05) is 16.4 Å². The van der Waals surface area contributed by atoms with Crippen LogP contribution in [0.15, 0.2) is 24.3 Å². The first-order valence-corrected chi connectivity index (χ1v) is 5.99. The Kier molecular flexibility index (Phi) is 1.85. The molecular weight excluding hydrogens is 210 g/mol. The van der Waals surface area contributed by atoms with E-state index < -0.39 is 0 Å². The average molecular weight is 219 g/mol. The van der Waals surface area contributed by atoms with Crippen LogP contribution in [0, 0.1) is 0 Å². The molecule has 0 N–H and O–H groups in total. The number of amides is 1. The zero-order valence-corrected chi connectivity index (χ0v) is 8.79. The fraction of sp³-hybridized carbons (Fsp3) is 0.273. The van der Waals surface area contributed by atoms with Gasteiger partial charge in [-0.25, -0.2) is 0 Å². The van der Waals surface area contributed by atoms with Crippen molar-refractivity contribution in [1.29, 1.82) is 0 Å². The molecule has 0 atom stereocenters. The van der Waals surface area contributed by atoms with Crippen LogP contribution in [0.5, 0.6) is 0 Å². The molecule has 3 nitrogen and oxygen atoms in total. The molecular formula is C11H9NO2S. The van der Waals surface area contributed by atoms with Crippen molar-refractivity contribution in [2.45, 2.75) is 6.04 Å². The van der Waals surface area contributed by atoms with Crippen LogP contribution in [0.3, 0.4) is 0 Å². The Balaban J connectivity index is 2.09. The lowest BCUT2D eigenvalue weighted by atomic mass is 10.1. The highest BCUT2D eigenvalue weighted by Crippen LogP contribution is 2.35. The molecule has 4 heteroatoms. The van der Waals surface area contributed by atoms with Crippen molar-refractivity contribution in [1.82, 2.24) is 0 Å². The van der Waals surface area contributed by atoms with E-state index in [0.717, 1.165) is 17.2 Å². The van der Waals surface area contributed by atoms with Crippen LogP contribution in [0.2, 0.25) is 0 Å². The molecule has 2 heterocycles. The van der Waals surface area contributed by atoms with E-state index in [4.69, 9.17) is 0 Å². The van der Waals surface area contributed by atoms with Crippen LogP contribution in [-0.2, 0) is 4.79 Å². The van der Waals surface area contributed by atoms with Crippen molar-refractivity contribution in [3.63, 3.8) is 0 Å². The lowest BCUT2D eigenvalue weighted by Gasteiger charge is -2.33. The minimum Gasteiger partial charge on any atom is -0.300 e. The summed E-state index contributed by atoms with van der Waals surface area (Å²) in [5.41, 5.74) is 1.34. The summed E-state index contributed by atoms with van der Waals surface area (Å²) in [6.07, 6.45) is 0. The van der Waals surface area contributed by atoms with Gasteiger partial charge in [0.2, 0.25) is 0 Å². The molecule has 0 bridgehead atoms. The van der Waals surface area contributed by atoms with E-state index in [-0.39, 0.29) is 17.7 Å². The number of carbonyl (C=O) groups excluding carboxylic acids is 2. The maximum atomic E-state index is 11.8. The van der Waals surface area contributed by atoms with Crippen molar-refractivity contribution < 1.29 is 9.59 Å². The average Bonchev–Trinajstić information content (AvgIpc) is 2.42. The number of carbonyl (C=O) groups is 2.